The lowest BCUT2D eigenvalue weighted by Crippen LogP contribution is -2.33. The Hall–Kier alpha value is -1.62. The van der Waals surface area contributed by atoms with Gasteiger partial charge in [0, 0.05) is 12.1 Å². The van der Waals surface area contributed by atoms with Crippen LogP contribution in [0.25, 0.3) is 0 Å². The molecular weight excluding hydrogens is 199 g/mol. The molecule has 0 unspecified atom stereocenters. The molecule has 0 aliphatic carbocycles. The molecule has 4 N–H and O–H groups in total. The van der Waals surface area contributed by atoms with Crippen molar-refractivity contribution in [1.82, 2.24) is 0 Å². The molecule has 0 fully saturated rings. The molecule has 1 atom stereocenters. The number of esters is 1. The second-order valence-corrected chi connectivity index (χ2v) is 3.18. The maximum atomic E-state index is 13.3. The third-order valence-corrected chi connectivity index (χ3v) is 2.02. The van der Waals surface area contributed by atoms with Crippen molar-refractivity contribution in [3.8, 4) is 0 Å². The van der Waals surface area contributed by atoms with Crippen LogP contribution in [-0.4, -0.2) is 19.1 Å². The number of hydrogen-bond donors (Lipinski definition) is 2. The lowest BCUT2D eigenvalue weighted by Gasteiger charge is -2.09. The van der Waals surface area contributed by atoms with E-state index in [4.69, 9.17) is 11.5 Å². The molecule has 15 heavy (non-hydrogen) atoms. The Kier molecular flexibility index (Phi) is 3.62. The van der Waals surface area contributed by atoms with Crippen LogP contribution in [0.3, 0.4) is 0 Å². The summed E-state index contributed by atoms with van der Waals surface area (Å²) in [5, 5.41) is 0. The van der Waals surface area contributed by atoms with Crippen LogP contribution in [0.2, 0.25) is 0 Å². The first kappa shape index (κ1) is 11.5. The van der Waals surface area contributed by atoms with Gasteiger partial charge in [-0.25, -0.2) is 4.39 Å². The summed E-state index contributed by atoms with van der Waals surface area (Å²) in [4.78, 5) is 11.0. The normalized spacial score (nSPS) is 12.2. The van der Waals surface area contributed by atoms with Crippen LogP contribution in [0.4, 0.5) is 10.1 Å². The van der Waals surface area contributed by atoms with E-state index in [2.05, 4.69) is 4.74 Å². The van der Waals surface area contributed by atoms with Crippen LogP contribution in [0.1, 0.15) is 5.56 Å². The Bertz CT molecular complexity index is 368. The zero-order chi connectivity index (χ0) is 11.4. The largest absolute Gasteiger partial charge is 0.468 e. The van der Waals surface area contributed by atoms with E-state index in [-0.39, 0.29) is 6.42 Å². The van der Waals surface area contributed by atoms with E-state index in [0.29, 0.717) is 11.3 Å². The third kappa shape index (κ3) is 2.92. The zero-order valence-electron chi connectivity index (χ0n) is 8.37. The molecule has 0 saturated heterocycles. The Labute approximate surface area is 87.0 Å². The fourth-order valence-electron chi connectivity index (χ4n) is 1.20. The van der Waals surface area contributed by atoms with Crippen molar-refractivity contribution in [2.45, 2.75) is 12.5 Å². The third-order valence-electron chi connectivity index (χ3n) is 2.02. The number of methoxy groups -OCH3 is 1. The van der Waals surface area contributed by atoms with Crippen molar-refractivity contribution in [1.29, 1.82) is 0 Å². The van der Waals surface area contributed by atoms with E-state index in [1.54, 1.807) is 6.07 Å². The molecule has 0 aromatic heterocycles. The number of nitrogen functional groups attached to an aromatic ring is 1. The summed E-state index contributed by atoms with van der Waals surface area (Å²) in [5.74, 6) is -1.03. The Balaban J connectivity index is 2.76. The standard InChI is InChI=1S/C10H13FN2O2/c1-15-10(14)9(13)4-6-2-3-7(12)5-8(6)11/h2-3,5,9H,4,12-13H2,1H3/t9-/m0/s1. The first-order valence-corrected chi connectivity index (χ1v) is 4.42. The number of nitrogens with two attached hydrogens (primary N) is 2. The quantitative estimate of drug-likeness (QED) is 0.563. The lowest BCUT2D eigenvalue weighted by molar-refractivity contribution is -0.142. The first-order valence-electron chi connectivity index (χ1n) is 4.42. The monoisotopic (exact) mass is 212 g/mol. The Morgan fingerprint density at radius 3 is 2.80 bits per heavy atom. The van der Waals surface area contributed by atoms with Crippen LogP contribution < -0.4 is 11.5 Å². The van der Waals surface area contributed by atoms with Crippen LogP contribution in [0, 0.1) is 5.82 Å². The summed E-state index contributed by atoms with van der Waals surface area (Å²) < 4.78 is 17.7. The molecule has 1 rings (SSSR count). The zero-order valence-corrected chi connectivity index (χ0v) is 8.37. The van der Waals surface area contributed by atoms with Crippen molar-refractivity contribution in [2.24, 2.45) is 5.73 Å². The van der Waals surface area contributed by atoms with Crippen LogP contribution in [-0.2, 0) is 16.0 Å². The number of halogens is 1. The van der Waals surface area contributed by atoms with Gasteiger partial charge in [0.2, 0.25) is 0 Å². The molecular formula is C10H13FN2O2. The van der Waals surface area contributed by atoms with Gasteiger partial charge < -0.3 is 16.2 Å². The van der Waals surface area contributed by atoms with Crippen molar-refractivity contribution in [3.63, 3.8) is 0 Å². The highest BCUT2D eigenvalue weighted by molar-refractivity contribution is 5.75. The van der Waals surface area contributed by atoms with Gasteiger partial charge in [-0.15, -0.1) is 0 Å². The minimum atomic E-state index is -0.854. The van der Waals surface area contributed by atoms with E-state index in [9.17, 15) is 9.18 Å². The summed E-state index contributed by atoms with van der Waals surface area (Å²) in [5.41, 5.74) is 11.6. The topological polar surface area (TPSA) is 78.3 Å². The molecule has 0 radical (unpaired) electrons. The van der Waals surface area contributed by atoms with Gasteiger partial charge in [-0.3, -0.25) is 4.79 Å². The second-order valence-electron chi connectivity index (χ2n) is 3.18. The van der Waals surface area contributed by atoms with Gasteiger partial charge >= 0.3 is 5.97 Å². The molecule has 0 bridgehead atoms. The highest BCUT2D eigenvalue weighted by Crippen LogP contribution is 2.13. The van der Waals surface area contributed by atoms with Gasteiger partial charge in [0.25, 0.3) is 0 Å². The summed E-state index contributed by atoms with van der Waals surface area (Å²) in [6.07, 6.45) is 0.0960. The number of rotatable bonds is 3. The molecule has 0 saturated carbocycles. The van der Waals surface area contributed by atoms with Crippen LogP contribution in [0.5, 0.6) is 0 Å². The molecule has 0 amide bonds. The van der Waals surface area contributed by atoms with E-state index in [1.807, 2.05) is 0 Å². The Morgan fingerprint density at radius 2 is 2.27 bits per heavy atom. The average Bonchev–Trinajstić information content (AvgIpc) is 2.20. The highest BCUT2D eigenvalue weighted by atomic mass is 19.1. The first-order chi connectivity index (χ1) is 7.04. The minimum absolute atomic E-state index is 0.0960. The molecule has 1 aromatic carbocycles. The summed E-state index contributed by atoms with van der Waals surface area (Å²) in [6.45, 7) is 0. The molecule has 0 spiro atoms. The number of benzene rings is 1. The number of ether oxygens (including phenoxy) is 1. The van der Waals surface area contributed by atoms with Gasteiger partial charge in [0.05, 0.1) is 7.11 Å². The van der Waals surface area contributed by atoms with Gasteiger partial charge in [0.15, 0.2) is 0 Å². The van der Waals surface area contributed by atoms with Gasteiger partial charge in [-0.2, -0.15) is 0 Å². The van der Waals surface area contributed by atoms with E-state index >= 15 is 0 Å². The van der Waals surface area contributed by atoms with E-state index in [0.717, 1.165) is 0 Å². The van der Waals surface area contributed by atoms with Gasteiger partial charge in [0.1, 0.15) is 11.9 Å². The summed E-state index contributed by atoms with van der Waals surface area (Å²) >= 11 is 0. The Morgan fingerprint density at radius 1 is 1.60 bits per heavy atom. The maximum absolute atomic E-state index is 13.3. The fraction of sp³-hybridized carbons (Fsp3) is 0.300. The van der Waals surface area contributed by atoms with Crippen molar-refractivity contribution in [3.05, 3.63) is 29.6 Å². The molecule has 4 nitrogen and oxygen atoms in total. The van der Waals surface area contributed by atoms with E-state index in [1.165, 1.54) is 19.2 Å². The van der Waals surface area contributed by atoms with Crippen molar-refractivity contribution in [2.75, 3.05) is 12.8 Å². The highest BCUT2D eigenvalue weighted by Gasteiger charge is 2.16. The van der Waals surface area contributed by atoms with Gasteiger partial charge in [-0.1, -0.05) is 6.07 Å². The smallest absolute Gasteiger partial charge is 0.322 e. The minimum Gasteiger partial charge on any atom is -0.468 e. The van der Waals surface area contributed by atoms with E-state index < -0.39 is 17.8 Å². The average molecular weight is 212 g/mol. The van der Waals surface area contributed by atoms with Crippen molar-refractivity contribution >= 4 is 11.7 Å². The fourth-order valence-corrected chi connectivity index (χ4v) is 1.20. The molecule has 0 aliphatic rings. The van der Waals surface area contributed by atoms with Gasteiger partial charge in [-0.05, 0) is 17.7 Å². The molecule has 1 aromatic rings. The lowest BCUT2D eigenvalue weighted by atomic mass is 10.1. The SMILES string of the molecule is COC(=O)[C@@H](N)Cc1ccc(N)cc1F. The predicted octanol–water partition coefficient (Wildman–Crippen LogP) is 0.451. The van der Waals surface area contributed by atoms with Crippen molar-refractivity contribution < 1.29 is 13.9 Å². The number of anilines is 1. The number of carbonyl (C=O) groups excluding carboxylic acids is 1. The summed E-state index contributed by atoms with van der Waals surface area (Å²) in [7, 11) is 1.24. The number of carbonyl (C=O) groups is 1. The second kappa shape index (κ2) is 4.75. The number of hydrogen-bond acceptors (Lipinski definition) is 4. The molecule has 0 aliphatic heterocycles. The summed E-state index contributed by atoms with van der Waals surface area (Å²) in [6, 6.07) is 3.41. The predicted molar refractivity (Wildman–Crippen MR) is 54.5 cm³/mol. The molecule has 82 valence electrons. The molecule has 0 heterocycles. The maximum Gasteiger partial charge on any atom is 0.322 e. The van der Waals surface area contributed by atoms with Crippen LogP contribution in [0.15, 0.2) is 18.2 Å². The van der Waals surface area contributed by atoms with Crippen LogP contribution >= 0.6 is 0 Å². The molecule has 5 heteroatoms.